The van der Waals surface area contributed by atoms with E-state index in [9.17, 15) is 9.59 Å². The highest BCUT2D eigenvalue weighted by Gasteiger charge is 1.93. The molecule has 0 atom stereocenters. The summed E-state index contributed by atoms with van der Waals surface area (Å²) in [5.41, 5.74) is 0. The molecule has 4 nitrogen and oxygen atoms in total. The van der Waals surface area contributed by atoms with Crippen molar-refractivity contribution in [1.29, 1.82) is 0 Å². The Bertz CT molecular complexity index is 194. The summed E-state index contributed by atoms with van der Waals surface area (Å²) in [5, 5.41) is 0. The fourth-order valence-electron chi connectivity index (χ4n) is 0.570. The van der Waals surface area contributed by atoms with Crippen LogP contribution in [0, 0.1) is 0 Å². The summed E-state index contributed by atoms with van der Waals surface area (Å²) in [5.74, 6) is -0.422. The monoisotopic (exact) mass is 169 g/mol. The molecular formula is C8H11NO3. The fourth-order valence-corrected chi connectivity index (χ4v) is 0.570. The number of hydrogen-bond donors (Lipinski definition) is 0. The first-order chi connectivity index (χ1) is 5.81. The van der Waals surface area contributed by atoms with Gasteiger partial charge in [-0.1, -0.05) is 6.58 Å². The van der Waals surface area contributed by atoms with Gasteiger partial charge in [-0.15, -0.1) is 0 Å². The minimum absolute atomic E-state index is 0.346. The van der Waals surface area contributed by atoms with Crippen molar-refractivity contribution in [2.45, 2.75) is 12.8 Å². The fraction of sp³-hybridized carbons (Fsp3) is 0.500. The van der Waals surface area contributed by atoms with E-state index in [1.807, 2.05) is 0 Å². The molecule has 0 heterocycles. The van der Waals surface area contributed by atoms with Gasteiger partial charge in [0, 0.05) is 6.08 Å². The number of esters is 1. The summed E-state index contributed by atoms with van der Waals surface area (Å²) in [6, 6.07) is 0. The van der Waals surface area contributed by atoms with E-state index in [-0.39, 0.29) is 0 Å². The third-order valence-corrected chi connectivity index (χ3v) is 1.14. The summed E-state index contributed by atoms with van der Waals surface area (Å²) < 4.78 is 4.67. The Balaban J connectivity index is 3.15. The van der Waals surface area contributed by atoms with Crippen LogP contribution in [0.4, 0.5) is 0 Å². The number of carbonyl (C=O) groups is 1. The van der Waals surface area contributed by atoms with Crippen molar-refractivity contribution >= 4 is 12.0 Å². The molecule has 0 N–H and O–H groups in total. The predicted octanol–water partition coefficient (Wildman–Crippen LogP) is 0.832. The molecular weight excluding hydrogens is 158 g/mol. The topological polar surface area (TPSA) is 55.7 Å². The molecule has 0 aliphatic heterocycles. The summed E-state index contributed by atoms with van der Waals surface area (Å²) in [6.07, 6.45) is 3.97. The van der Waals surface area contributed by atoms with Crippen LogP contribution in [0.25, 0.3) is 0 Å². The zero-order valence-corrected chi connectivity index (χ0v) is 6.78. The molecule has 0 spiro atoms. The van der Waals surface area contributed by atoms with Gasteiger partial charge in [-0.3, -0.25) is 0 Å². The SMILES string of the molecule is C=CC(=O)OCCCCN=C=O. The van der Waals surface area contributed by atoms with E-state index in [0.29, 0.717) is 19.6 Å². The van der Waals surface area contributed by atoms with Crippen molar-refractivity contribution in [1.82, 2.24) is 0 Å². The first kappa shape index (κ1) is 10.6. The van der Waals surface area contributed by atoms with Gasteiger partial charge in [-0.25, -0.2) is 14.6 Å². The zero-order valence-electron chi connectivity index (χ0n) is 6.78. The number of ether oxygens (including phenoxy) is 1. The number of hydrogen-bond acceptors (Lipinski definition) is 4. The molecule has 0 amide bonds. The molecule has 0 saturated carbocycles. The van der Waals surface area contributed by atoms with Gasteiger partial charge in [0.05, 0.1) is 13.2 Å². The second kappa shape index (κ2) is 7.69. The van der Waals surface area contributed by atoms with E-state index in [2.05, 4.69) is 16.3 Å². The van der Waals surface area contributed by atoms with Crippen molar-refractivity contribution < 1.29 is 14.3 Å². The maximum absolute atomic E-state index is 10.5. The molecule has 0 aromatic rings. The van der Waals surface area contributed by atoms with Crippen LogP contribution >= 0.6 is 0 Å². The van der Waals surface area contributed by atoms with Crippen LogP contribution in [0.2, 0.25) is 0 Å². The Kier molecular flexibility index (Phi) is 6.79. The van der Waals surface area contributed by atoms with E-state index in [4.69, 9.17) is 0 Å². The Hall–Kier alpha value is -1.41. The maximum Gasteiger partial charge on any atom is 0.330 e. The quantitative estimate of drug-likeness (QED) is 0.194. The molecule has 66 valence electrons. The lowest BCUT2D eigenvalue weighted by Crippen LogP contribution is -2.01. The van der Waals surface area contributed by atoms with Gasteiger partial charge in [-0.05, 0) is 12.8 Å². The van der Waals surface area contributed by atoms with Crippen molar-refractivity contribution in [3.05, 3.63) is 12.7 Å². The van der Waals surface area contributed by atoms with Crippen molar-refractivity contribution in [3.8, 4) is 0 Å². The molecule has 0 fully saturated rings. The Morgan fingerprint density at radius 1 is 1.58 bits per heavy atom. The van der Waals surface area contributed by atoms with Crippen molar-refractivity contribution in [2.24, 2.45) is 4.99 Å². The van der Waals surface area contributed by atoms with Crippen molar-refractivity contribution in [2.75, 3.05) is 13.2 Å². The number of unbranched alkanes of at least 4 members (excludes halogenated alkanes) is 1. The number of nitrogens with zero attached hydrogens (tertiary/aromatic N) is 1. The van der Waals surface area contributed by atoms with E-state index >= 15 is 0 Å². The lowest BCUT2D eigenvalue weighted by Gasteiger charge is -1.98. The summed E-state index contributed by atoms with van der Waals surface area (Å²) in [4.78, 5) is 23.4. The maximum atomic E-state index is 10.5. The normalized spacial score (nSPS) is 8.33. The summed E-state index contributed by atoms with van der Waals surface area (Å²) in [6.45, 7) is 4.03. The second-order valence-corrected chi connectivity index (χ2v) is 2.05. The van der Waals surface area contributed by atoms with Gasteiger partial charge < -0.3 is 4.74 Å². The summed E-state index contributed by atoms with van der Waals surface area (Å²) >= 11 is 0. The average Bonchev–Trinajstić information content (AvgIpc) is 2.10. The van der Waals surface area contributed by atoms with Crippen LogP contribution in [0.5, 0.6) is 0 Å². The Morgan fingerprint density at radius 2 is 2.33 bits per heavy atom. The molecule has 0 aromatic heterocycles. The Morgan fingerprint density at radius 3 is 2.92 bits per heavy atom. The highest BCUT2D eigenvalue weighted by atomic mass is 16.5. The average molecular weight is 169 g/mol. The standard InChI is InChI=1S/C8H11NO3/c1-2-8(11)12-6-4-3-5-9-7-10/h2H,1,3-6H2. The van der Waals surface area contributed by atoms with Crippen LogP contribution in [0.3, 0.4) is 0 Å². The highest BCUT2D eigenvalue weighted by molar-refractivity contribution is 5.81. The van der Waals surface area contributed by atoms with Gasteiger partial charge in [0.2, 0.25) is 6.08 Å². The first-order valence-corrected chi connectivity index (χ1v) is 3.64. The van der Waals surface area contributed by atoms with E-state index < -0.39 is 5.97 Å². The molecule has 0 rings (SSSR count). The molecule has 4 heteroatoms. The summed E-state index contributed by atoms with van der Waals surface area (Å²) in [7, 11) is 0. The lowest BCUT2D eigenvalue weighted by atomic mass is 10.3. The third-order valence-electron chi connectivity index (χ3n) is 1.14. The smallest absolute Gasteiger partial charge is 0.330 e. The lowest BCUT2D eigenvalue weighted by molar-refractivity contribution is -0.137. The molecule has 0 aliphatic rings. The molecule has 12 heavy (non-hydrogen) atoms. The predicted molar refractivity (Wildman–Crippen MR) is 43.4 cm³/mol. The van der Waals surface area contributed by atoms with E-state index in [0.717, 1.165) is 12.5 Å². The van der Waals surface area contributed by atoms with E-state index in [1.165, 1.54) is 6.08 Å². The van der Waals surface area contributed by atoms with Crippen LogP contribution in [-0.2, 0) is 14.3 Å². The van der Waals surface area contributed by atoms with Gasteiger partial charge >= 0.3 is 5.97 Å². The highest BCUT2D eigenvalue weighted by Crippen LogP contribution is 1.91. The minimum Gasteiger partial charge on any atom is -0.463 e. The van der Waals surface area contributed by atoms with Crippen LogP contribution in [0.15, 0.2) is 17.6 Å². The van der Waals surface area contributed by atoms with Gasteiger partial charge in [-0.2, -0.15) is 0 Å². The molecule has 0 saturated heterocycles. The number of carbonyl (C=O) groups excluding carboxylic acids is 2. The molecule has 0 bridgehead atoms. The molecule has 0 unspecified atom stereocenters. The largest absolute Gasteiger partial charge is 0.463 e. The number of aliphatic imine (C=N–C) groups is 1. The minimum atomic E-state index is -0.422. The van der Waals surface area contributed by atoms with Crippen LogP contribution in [-0.4, -0.2) is 25.2 Å². The third kappa shape index (κ3) is 6.71. The van der Waals surface area contributed by atoms with E-state index in [1.54, 1.807) is 0 Å². The van der Waals surface area contributed by atoms with Crippen LogP contribution < -0.4 is 0 Å². The molecule has 0 radical (unpaired) electrons. The van der Waals surface area contributed by atoms with Gasteiger partial charge in [0.15, 0.2) is 0 Å². The molecule has 0 aliphatic carbocycles. The second-order valence-electron chi connectivity index (χ2n) is 2.05. The van der Waals surface area contributed by atoms with Crippen molar-refractivity contribution in [3.63, 3.8) is 0 Å². The van der Waals surface area contributed by atoms with Gasteiger partial charge in [0.1, 0.15) is 0 Å². The van der Waals surface area contributed by atoms with Crippen LogP contribution in [0.1, 0.15) is 12.8 Å². The van der Waals surface area contributed by atoms with Gasteiger partial charge in [0.25, 0.3) is 0 Å². The zero-order chi connectivity index (χ0) is 9.23. The number of rotatable bonds is 6. The Labute approximate surface area is 70.9 Å². The first-order valence-electron chi connectivity index (χ1n) is 3.64. The molecule has 0 aromatic carbocycles. The number of isocyanates is 1.